The van der Waals surface area contributed by atoms with Gasteiger partial charge in [-0.2, -0.15) is 5.10 Å². The summed E-state index contributed by atoms with van der Waals surface area (Å²) in [5, 5.41) is 6.13. The minimum atomic E-state index is -0.852. The average Bonchev–Trinajstić information content (AvgIpc) is 2.87. The van der Waals surface area contributed by atoms with Gasteiger partial charge in [0, 0.05) is 5.69 Å². The second-order valence-electron chi connectivity index (χ2n) is 4.47. The zero-order chi connectivity index (χ0) is 15.2. The molecular formula is C15H15N3O3. The summed E-state index contributed by atoms with van der Waals surface area (Å²) in [5.41, 5.74) is 3.74. The molecule has 0 atom stereocenters. The molecule has 0 aliphatic rings. The van der Waals surface area contributed by atoms with Gasteiger partial charge in [-0.05, 0) is 38.1 Å². The van der Waals surface area contributed by atoms with E-state index in [9.17, 15) is 9.59 Å². The van der Waals surface area contributed by atoms with E-state index in [2.05, 4.69) is 15.8 Å². The van der Waals surface area contributed by atoms with Crippen molar-refractivity contribution >= 4 is 23.7 Å². The summed E-state index contributed by atoms with van der Waals surface area (Å²) in [6.45, 7) is 3.73. The molecule has 21 heavy (non-hydrogen) atoms. The van der Waals surface area contributed by atoms with Crippen LogP contribution in [0.5, 0.6) is 0 Å². The first-order valence-corrected chi connectivity index (χ1v) is 6.32. The predicted octanol–water partition coefficient (Wildman–Crippen LogP) is 1.99. The Bertz CT molecular complexity index is 672. The standard InChI is InChI=1S/C15H15N3O3/c1-10-3-6-12(7-4-10)17-14(19)15(20)18-16-9-13-8-5-11(2)21-13/h3-9H,1-2H3,(H,17,19)(H,18,20)/b16-9-. The number of carbonyl (C=O) groups is 2. The molecule has 0 aliphatic heterocycles. The highest BCUT2D eigenvalue weighted by Gasteiger charge is 2.12. The van der Waals surface area contributed by atoms with Crippen LogP contribution in [0, 0.1) is 13.8 Å². The van der Waals surface area contributed by atoms with E-state index >= 15 is 0 Å². The fourth-order valence-corrected chi connectivity index (χ4v) is 1.55. The summed E-state index contributed by atoms with van der Waals surface area (Å²) in [5.74, 6) is -0.409. The maximum atomic E-state index is 11.6. The van der Waals surface area contributed by atoms with Gasteiger partial charge in [-0.3, -0.25) is 9.59 Å². The van der Waals surface area contributed by atoms with Crippen molar-refractivity contribution in [3.63, 3.8) is 0 Å². The Balaban J connectivity index is 1.86. The van der Waals surface area contributed by atoms with Gasteiger partial charge in [-0.1, -0.05) is 17.7 Å². The summed E-state index contributed by atoms with van der Waals surface area (Å²) in [6, 6.07) is 10.6. The lowest BCUT2D eigenvalue weighted by atomic mass is 10.2. The number of aryl methyl sites for hydroxylation is 2. The van der Waals surface area contributed by atoms with Crippen molar-refractivity contribution in [1.29, 1.82) is 0 Å². The molecular weight excluding hydrogens is 270 g/mol. The van der Waals surface area contributed by atoms with Gasteiger partial charge in [-0.15, -0.1) is 0 Å². The van der Waals surface area contributed by atoms with E-state index in [0.717, 1.165) is 11.3 Å². The molecule has 2 N–H and O–H groups in total. The monoisotopic (exact) mass is 285 g/mol. The molecule has 0 aliphatic carbocycles. The van der Waals surface area contributed by atoms with Crippen molar-refractivity contribution in [2.75, 3.05) is 5.32 Å². The smallest absolute Gasteiger partial charge is 0.329 e. The Hall–Kier alpha value is -2.89. The van der Waals surface area contributed by atoms with Crippen LogP contribution >= 0.6 is 0 Å². The first kappa shape index (κ1) is 14.5. The van der Waals surface area contributed by atoms with Crippen LogP contribution in [0.4, 0.5) is 5.69 Å². The number of nitrogens with one attached hydrogen (secondary N) is 2. The molecule has 0 bridgehead atoms. The average molecular weight is 285 g/mol. The number of carbonyl (C=O) groups excluding carboxylic acids is 2. The second kappa shape index (κ2) is 6.51. The van der Waals surface area contributed by atoms with Crippen LogP contribution < -0.4 is 10.7 Å². The van der Waals surface area contributed by atoms with Crippen LogP contribution in [-0.4, -0.2) is 18.0 Å². The molecule has 2 rings (SSSR count). The molecule has 0 saturated carbocycles. The van der Waals surface area contributed by atoms with Gasteiger partial charge in [-0.25, -0.2) is 5.43 Å². The van der Waals surface area contributed by atoms with E-state index in [1.54, 1.807) is 31.2 Å². The highest BCUT2D eigenvalue weighted by Crippen LogP contribution is 2.08. The zero-order valence-electron chi connectivity index (χ0n) is 11.7. The SMILES string of the molecule is Cc1ccc(NC(=O)C(=O)N/N=C\c2ccc(C)o2)cc1. The first-order chi connectivity index (χ1) is 10.0. The third kappa shape index (κ3) is 4.31. The summed E-state index contributed by atoms with van der Waals surface area (Å²) in [6.07, 6.45) is 1.32. The number of anilines is 1. The van der Waals surface area contributed by atoms with Crippen molar-refractivity contribution in [2.45, 2.75) is 13.8 Å². The number of rotatable bonds is 3. The molecule has 6 nitrogen and oxygen atoms in total. The van der Waals surface area contributed by atoms with Crippen molar-refractivity contribution < 1.29 is 14.0 Å². The summed E-state index contributed by atoms with van der Waals surface area (Å²) in [4.78, 5) is 23.2. The van der Waals surface area contributed by atoms with Gasteiger partial charge < -0.3 is 9.73 Å². The van der Waals surface area contributed by atoms with E-state index in [1.807, 2.05) is 19.1 Å². The van der Waals surface area contributed by atoms with Gasteiger partial charge in [0.05, 0.1) is 6.21 Å². The van der Waals surface area contributed by atoms with E-state index in [4.69, 9.17) is 4.42 Å². The number of benzene rings is 1. The molecule has 1 aromatic carbocycles. The predicted molar refractivity (Wildman–Crippen MR) is 79.0 cm³/mol. The first-order valence-electron chi connectivity index (χ1n) is 6.32. The molecule has 1 heterocycles. The second-order valence-corrected chi connectivity index (χ2v) is 4.47. The number of hydrogen-bond donors (Lipinski definition) is 2. The Labute approximate surface area is 121 Å². The van der Waals surface area contributed by atoms with Gasteiger partial charge in [0.2, 0.25) is 0 Å². The van der Waals surface area contributed by atoms with E-state index in [-0.39, 0.29) is 0 Å². The van der Waals surface area contributed by atoms with Crippen LogP contribution in [0.25, 0.3) is 0 Å². The van der Waals surface area contributed by atoms with Crippen molar-refractivity contribution in [3.8, 4) is 0 Å². The quantitative estimate of drug-likeness (QED) is 0.514. The normalized spacial score (nSPS) is 10.6. The fraction of sp³-hybridized carbons (Fsp3) is 0.133. The Morgan fingerprint density at radius 1 is 1.05 bits per heavy atom. The van der Waals surface area contributed by atoms with Crippen LogP contribution in [0.1, 0.15) is 17.1 Å². The van der Waals surface area contributed by atoms with Gasteiger partial charge in [0.1, 0.15) is 11.5 Å². The van der Waals surface area contributed by atoms with Crippen molar-refractivity contribution in [1.82, 2.24) is 5.43 Å². The van der Waals surface area contributed by atoms with Crippen LogP contribution in [0.15, 0.2) is 45.9 Å². The van der Waals surface area contributed by atoms with Crippen LogP contribution in [-0.2, 0) is 9.59 Å². The highest BCUT2D eigenvalue weighted by molar-refractivity contribution is 6.39. The largest absolute Gasteiger partial charge is 0.460 e. The molecule has 0 radical (unpaired) electrons. The number of hydrogen-bond acceptors (Lipinski definition) is 4. The topological polar surface area (TPSA) is 83.7 Å². The maximum absolute atomic E-state index is 11.6. The Morgan fingerprint density at radius 2 is 1.76 bits per heavy atom. The summed E-state index contributed by atoms with van der Waals surface area (Å²) in [7, 11) is 0. The van der Waals surface area contributed by atoms with Gasteiger partial charge in [0.25, 0.3) is 0 Å². The molecule has 0 fully saturated rings. The molecule has 108 valence electrons. The molecule has 0 spiro atoms. The third-order valence-electron chi connectivity index (χ3n) is 2.63. The van der Waals surface area contributed by atoms with Crippen LogP contribution in [0.3, 0.4) is 0 Å². The van der Waals surface area contributed by atoms with E-state index < -0.39 is 11.8 Å². The van der Waals surface area contributed by atoms with Crippen molar-refractivity contribution in [2.24, 2.45) is 5.10 Å². The van der Waals surface area contributed by atoms with E-state index in [1.165, 1.54) is 6.21 Å². The van der Waals surface area contributed by atoms with Gasteiger partial charge in [0.15, 0.2) is 0 Å². The lowest BCUT2D eigenvalue weighted by Gasteiger charge is -2.03. The molecule has 0 unspecified atom stereocenters. The number of amides is 2. The highest BCUT2D eigenvalue weighted by atomic mass is 16.3. The van der Waals surface area contributed by atoms with Crippen molar-refractivity contribution in [3.05, 3.63) is 53.5 Å². The lowest BCUT2D eigenvalue weighted by molar-refractivity contribution is -0.136. The molecule has 6 heteroatoms. The zero-order valence-corrected chi connectivity index (χ0v) is 11.7. The number of furan rings is 1. The molecule has 0 saturated heterocycles. The minimum Gasteiger partial charge on any atom is -0.460 e. The van der Waals surface area contributed by atoms with Crippen LogP contribution in [0.2, 0.25) is 0 Å². The summed E-state index contributed by atoms with van der Waals surface area (Å²) >= 11 is 0. The minimum absolute atomic E-state index is 0.492. The Morgan fingerprint density at radius 3 is 2.38 bits per heavy atom. The number of nitrogens with zero attached hydrogens (tertiary/aromatic N) is 1. The lowest BCUT2D eigenvalue weighted by Crippen LogP contribution is -2.32. The molecule has 1 aromatic heterocycles. The van der Waals surface area contributed by atoms with E-state index in [0.29, 0.717) is 11.4 Å². The fourth-order valence-electron chi connectivity index (χ4n) is 1.55. The maximum Gasteiger partial charge on any atom is 0.329 e. The van der Waals surface area contributed by atoms with Gasteiger partial charge >= 0.3 is 11.8 Å². The number of hydrazone groups is 1. The summed E-state index contributed by atoms with van der Waals surface area (Å²) < 4.78 is 5.23. The molecule has 2 aromatic rings. The Kier molecular flexibility index (Phi) is 4.50. The molecule has 2 amide bonds. The third-order valence-corrected chi connectivity index (χ3v) is 2.63.